The molecule has 17 heavy (non-hydrogen) atoms. The van der Waals surface area contributed by atoms with E-state index in [0.717, 1.165) is 13.1 Å². The molecule has 6 heteroatoms. The molecule has 0 aliphatic rings. The molecule has 4 nitrogen and oxygen atoms in total. The Labute approximate surface area is 112 Å². The molecule has 0 amide bonds. The zero-order valence-corrected chi connectivity index (χ0v) is 12.1. The van der Waals surface area contributed by atoms with E-state index in [-0.39, 0.29) is 10.7 Å². The van der Waals surface area contributed by atoms with Crippen LogP contribution >= 0.6 is 23.2 Å². The number of anilines is 1. The van der Waals surface area contributed by atoms with Gasteiger partial charge in [0, 0.05) is 13.1 Å². The highest BCUT2D eigenvalue weighted by Crippen LogP contribution is 2.22. The van der Waals surface area contributed by atoms with E-state index in [9.17, 15) is 0 Å². The lowest BCUT2D eigenvalue weighted by Gasteiger charge is -2.28. The van der Waals surface area contributed by atoms with Crippen molar-refractivity contribution in [2.45, 2.75) is 13.8 Å². The molecular weight excluding hydrogens is 259 g/mol. The largest absolute Gasteiger partial charge is 0.368 e. The predicted octanol–water partition coefficient (Wildman–Crippen LogP) is 2.78. The first-order chi connectivity index (χ1) is 7.80. The van der Waals surface area contributed by atoms with Gasteiger partial charge in [0.15, 0.2) is 0 Å². The molecule has 0 spiro atoms. The van der Waals surface area contributed by atoms with Gasteiger partial charge in [-0.3, -0.25) is 0 Å². The zero-order valence-electron chi connectivity index (χ0n) is 10.6. The van der Waals surface area contributed by atoms with Gasteiger partial charge in [-0.15, -0.1) is 0 Å². The number of halogens is 2. The molecular formula is C11H18Cl2N4. The molecule has 1 aromatic heterocycles. The van der Waals surface area contributed by atoms with E-state index in [4.69, 9.17) is 23.2 Å². The maximum atomic E-state index is 5.97. The average molecular weight is 277 g/mol. The summed E-state index contributed by atoms with van der Waals surface area (Å²) in [7, 11) is 4.10. The van der Waals surface area contributed by atoms with Crippen LogP contribution in [0.4, 0.5) is 5.82 Å². The van der Waals surface area contributed by atoms with Crippen LogP contribution in [-0.4, -0.2) is 42.1 Å². The minimum absolute atomic E-state index is 0.115. The minimum atomic E-state index is 0.115. The first-order valence-corrected chi connectivity index (χ1v) is 6.12. The Morgan fingerprint density at radius 1 is 1.35 bits per heavy atom. The maximum absolute atomic E-state index is 5.97. The molecule has 0 bridgehead atoms. The van der Waals surface area contributed by atoms with E-state index >= 15 is 0 Å². The summed E-state index contributed by atoms with van der Waals surface area (Å²) in [5.74, 6) is 0.582. The molecule has 1 rings (SSSR count). The van der Waals surface area contributed by atoms with Crippen molar-refractivity contribution in [1.82, 2.24) is 14.9 Å². The summed E-state index contributed by atoms with van der Waals surface area (Å²) in [5.41, 5.74) is 0.115. The summed E-state index contributed by atoms with van der Waals surface area (Å²) >= 11 is 11.7. The minimum Gasteiger partial charge on any atom is -0.368 e. The lowest BCUT2D eigenvalue weighted by Crippen LogP contribution is -2.34. The molecule has 0 aliphatic heterocycles. The molecule has 0 fully saturated rings. The van der Waals surface area contributed by atoms with Crippen LogP contribution in [0.15, 0.2) is 6.20 Å². The Hall–Kier alpha value is -0.580. The van der Waals surface area contributed by atoms with Crippen LogP contribution < -0.4 is 5.32 Å². The number of aromatic nitrogens is 2. The third kappa shape index (κ3) is 5.06. The van der Waals surface area contributed by atoms with Crippen molar-refractivity contribution < 1.29 is 0 Å². The van der Waals surface area contributed by atoms with Crippen molar-refractivity contribution in [3.05, 3.63) is 16.5 Å². The van der Waals surface area contributed by atoms with Gasteiger partial charge in [-0.2, -0.15) is 4.98 Å². The smallest absolute Gasteiger partial charge is 0.224 e. The first-order valence-electron chi connectivity index (χ1n) is 5.37. The second kappa shape index (κ2) is 5.85. The predicted molar refractivity (Wildman–Crippen MR) is 72.9 cm³/mol. The van der Waals surface area contributed by atoms with Crippen molar-refractivity contribution in [1.29, 1.82) is 0 Å². The molecule has 0 aliphatic carbocycles. The Morgan fingerprint density at radius 3 is 2.59 bits per heavy atom. The van der Waals surface area contributed by atoms with Gasteiger partial charge in [0.25, 0.3) is 0 Å². The summed E-state index contributed by atoms with van der Waals surface area (Å²) in [6.07, 6.45) is 1.50. The SMILES string of the molecule is CN(C)CC(C)(C)CNc1nc(Cl)ncc1Cl. The molecule has 0 radical (unpaired) electrons. The van der Waals surface area contributed by atoms with Crippen LogP contribution in [-0.2, 0) is 0 Å². The van der Waals surface area contributed by atoms with Crippen molar-refractivity contribution in [3.8, 4) is 0 Å². The number of hydrogen-bond donors (Lipinski definition) is 1. The molecule has 96 valence electrons. The molecule has 0 unspecified atom stereocenters. The molecule has 1 heterocycles. The van der Waals surface area contributed by atoms with Gasteiger partial charge in [0.1, 0.15) is 10.8 Å². The topological polar surface area (TPSA) is 41.0 Å². The second-order valence-corrected chi connectivity index (χ2v) is 5.84. The van der Waals surface area contributed by atoms with E-state index in [1.165, 1.54) is 6.20 Å². The Kier molecular flexibility index (Phi) is 4.98. The maximum Gasteiger partial charge on any atom is 0.224 e. The zero-order chi connectivity index (χ0) is 13.1. The number of hydrogen-bond acceptors (Lipinski definition) is 4. The third-order valence-electron chi connectivity index (χ3n) is 2.19. The van der Waals surface area contributed by atoms with Gasteiger partial charge in [-0.05, 0) is 31.1 Å². The van der Waals surface area contributed by atoms with Crippen molar-refractivity contribution in [3.63, 3.8) is 0 Å². The van der Waals surface area contributed by atoms with Crippen molar-refractivity contribution >= 4 is 29.0 Å². The summed E-state index contributed by atoms with van der Waals surface area (Å²) in [6, 6.07) is 0. The lowest BCUT2D eigenvalue weighted by atomic mass is 9.93. The molecule has 0 saturated heterocycles. The monoisotopic (exact) mass is 276 g/mol. The van der Waals surface area contributed by atoms with Gasteiger partial charge < -0.3 is 10.2 Å². The van der Waals surface area contributed by atoms with E-state index in [2.05, 4.69) is 48.1 Å². The van der Waals surface area contributed by atoms with E-state index < -0.39 is 0 Å². The number of rotatable bonds is 5. The van der Waals surface area contributed by atoms with Crippen LogP contribution in [0.5, 0.6) is 0 Å². The van der Waals surface area contributed by atoms with E-state index in [1.54, 1.807) is 0 Å². The van der Waals surface area contributed by atoms with Gasteiger partial charge in [0.2, 0.25) is 5.28 Å². The van der Waals surface area contributed by atoms with Gasteiger partial charge in [0.05, 0.1) is 6.20 Å². The Bertz CT molecular complexity index is 380. The quantitative estimate of drug-likeness (QED) is 0.840. The highest BCUT2D eigenvalue weighted by molar-refractivity contribution is 6.33. The summed E-state index contributed by atoms with van der Waals surface area (Å²) in [4.78, 5) is 10.0. The average Bonchev–Trinajstić information content (AvgIpc) is 2.17. The molecule has 1 aromatic rings. The Balaban J connectivity index is 2.63. The van der Waals surface area contributed by atoms with Gasteiger partial charge in [-0.1, -0.05) is 25.4 Å². The summed E-state index contributed by atoms with van der Waals surface area (Å²) in [6.45, 7) is 6.09. The van der Waals surface area contributed by atoms with Crippen LogP contribution in [0, 0.1) is 5.41 Å². The standard InChI is InChI=1S/C11H18Cl2N4/c1-11(2,7-17(3)4)6-15-9-8(12)5-14-10(13)16-9/h5H,6-7H2,1-4H3,(H,14,15,16). The van der Waals surface area contributed by atoms with Gasteiger partial charge in [-0.25, -0.2) is 4.98 Å². The van der Waals surface area contributed by atoms with Crippen molar-refractivity contribution in [2.75, 3.05) is 32.5 Å². The molecule has 1 N–H and O–H groups in total. The molecule has 0 saturated carbocycles. The van der Waals surface area contributed by atoms with Crippen LogP contribution in [0.25, 0.3) is 0 Å². The lowest BCUT2D eigenvalue weighted by molar-refractivity contribution is 0.254. The van der Waals surface area contributed by atoms with Gasteiger partial charge >= 0.3 is 0 Å². The number of nitrogens with zero attached hydrogens (tertiary/aromatic N) is 3. The fourth-order valence-electron chi connectivity index (χ4n) is 1.70. The third-order valence-corrected chi connectivity index (χ3v) is 2.65. The normalized spacial score (nSPS) is 11.9. The molecule has 0 atom stereocenters. The summed E-state index contributed by atoms with van der Waals surface area (Å²) in [5, 5.41) is 3.88. The first kappa shape index (κ1) is 14.5. The van der Waals surface area contributed by atoms with E-state index in [0.29, 0.717) is 10.8 Å². The van der Waals surface area contributed by atoms with Crippen LogP contribution in [0.1, 0.15) is 13.8 Å². The fraction of sp³-hybridized carbons (Fsp3) is 0.636. The fourth-order valence-corrected chi connectivity index (χ4v) is 2.00. The second-order valence-electron chi connectivity index (χ2n) is 5.09. The van der Waals surface area contributed by atoms with Crippen molar-refractivity contribution in [2.24, 2.45) is 5.41 Å². The van der Waals surface area contributed by atoms with Crippen LogP contribution in [0.2, 0.25) is 10.3 Å². The highest BCUT2D eigenvalue weighted by Gasteiger charge is 2.19. The molecule has 0 aromatic carbocycles. The summed E-state index contributed by atoms with van der Waals surface area (Å²) < 4.78 is 0. The number of nitrogens with one attached hydrogen (secondary N) is 1. The highest BCUT2D eigenvalue weighted by atomic mass is 35.5. The van der Waals surface area contributed by atoms with E-state index in [1.807, 2.05) is 0 Å². The Morgan fingerprint density at radius 2 is 2.00 bits per heavy atom. The van der Waals surface area contributed by atoms with Crippen LogP contribution in [0.3, 0.4) is 0 Å².